The van der Waals surface area contributed by atoms with Crippen molar-refractivity contribution >= 4 is 15.9 Å². The highest BCUT2D eigenvalue weighted by Crippen LogP contribution is 2.24. The van der Waals surface area contributed by atoms with Gasteiger partial charge in [-0.15, -0.1) is 0 Å². The Morgan fingerprint density at radius 3 is 2.47 bits per heavy atom. The van der Waals surface area contributed by atoms with E-state index in [2.05, 4.69) is 15.9 Å². The summed E-state index contributed by atoms with van der Waals surface area (Å²) < 4.78 is 27.5. The Hall–Kier alpha value is -0.520. The van der Waals surface area contributed by atoms with E-state index in [1.54, 1.807) is 25.8 Å². The second-order valence-corrected chi connectivity index (χ2v) is 5.50. The molecule has 0 spiro atoms. The maximum Gasteiger partial charge on any atom is 0.144 e. The first kappa shape index (κ1) is 14.5. The number of rotatable bonds is 4. The van der Waals surface area contributed by atoms with Gasteiger partial charge in [0.1, 0.15) is 11.6 Å². The van der Waals surface area contributed by atoms with E-state index in [-0.39, 0.29) is 23.2 Å². The lowest BCUT2D eigenvalue weighted by Crippen LogP contribution is -2.43. The van der Waals surface area contributed by atoms with E-state index in [1.807, 2.05) is 0 Å². The lowest BCUT2D eigenvalue weighted by Gasteiger charge is -2.34. The van der Waals surface area contributed by atoms with Gasteiger partial charge in [-0.1, -0.05) is 0 Å². The van der Waals surface area contributed by atoms with Crippen LogP contribution in [-0.2, 0) is 6.54 Å². The molecule has 96 valence electrons. The highest BCUT2D eigenvalue weighted by molar-refractivity contribution is 9.10. The maximum atomic E-state index is 13.7. The van der Waals surface area contributed by atoms with Crippen LogP contribution in [0.2, 0.25) is 0 Å². The number of nitrogens with zero attached hydrogens (tertiary/aromatic N) is 1. The lowest BCUT2D eigenvalue weighted by molar-refractivity contribution is 0.0716. The third-order valence-electron chi connectivity index (χ3n) is 2.95. The molecule has 0 aliphatic carbocycles. The molecule has 5 heteroatoms. The van der Waals surface area contributed by atoms with Gasteiger partial charge in [-0.05, 0) is 49.0 Å². The van der Waals surface area contributed by atoms with Crippen molar-refractivity contribution < 1.29 is 13.9 Å². The van der Waals surface area contributed by atoms with Gasteiger partial charge in [-0.2, -0.15) is 0 Å². The second kappa shape index (κ2) is 5.42. The smallest absolute Gasteiger partial charge is 0.144 e. The standard InChI is InChI=1S/C12H16BrF2NO/c1-12(2,7-17)16(3)6-8-10(14)5-4-9(13)11(8)15/h4-5,17H,6-7H2,1-3H3. The summed E-state index contributed by atoms with van der Waals surface area (Å²) in [6, 6.07) is 2.56. The molecule has 0 aliphatic rings. The van der Waals surface area contributed by atoms with Crippen LogP contribution in [-0.4, -0.2) is 29.2 Å². The average Bonchev–Trinajstić information content (AvgIpc) is 2.29. The molecule has 1 N–H and O–H groups in total. The van der Waals surface area contributed by atoms with Gasteiger partial charge < -0.3 is 5.11 Å². The minimum absolute atomic E-state index is 0.00315. The SMILES string of the molecule is CN(Cc1c(F)ccc(Br)c1F)C(C)(C)CO. The first-order valence-electron chi connectivity index (χ1n) is 5.24. The van der Waals surface area contributed by atoms with Gasteiger partial charge >= 0.3 is 0 Å². The van der Waals surface area contributed by atoms with Crippen LogP contribution in [0.3, 0.4) is 0 Å². The Kier molecular flexibility index (Phi) is 4.63. The molecule has 1 aromatic carbocycles. The van der Waals surface area contributed by atoms with Crippen LogP contribution in [0.4, 0.5) is 8.78 Å². The van der Waals surface area contributed by atoms with Crippen molar-refractivity contribution in [3.05, 3.63) is 33.8 Å². The van der Waals surface area contributed by atoms with Gasteiger partial charge in [0.15, 0.2) is 0 Å². The number of aliphatic hydroxyl groups excluding tert-OH is 1. The quantitative estimate of drug-likeness (QED) is 0.865. The van der Waals surface area contributed by atoms with Crippen LogP contribution < -0.4 is 0 Å². The molecular formula is C12H16BrF2NO. The van der Waals surface area contributed by atoms with Crippen molar-refractivity contribution in [2.24, 2.45) is 0 Å². The summed E-state index contributed by atoms with van der Waals surface area (Å²) >= 11 is 3.03. The van der Waals surface area contributed by atoms with E-state index in [9.17, 15) is 13.9 Å². The summed E-state index contributed by atoms with van der Waals surface area (Å²) in [6.45, 7) is 3.63. The zero-order valence-electron chi connectivity index (χ0n) is 10.1. The van der Waals surface area contributed by atoms with Crippen molar-refractivity contribution in [2.45, 2.75) is 25.9 Å². The highest BCUT2D eigenvalue weighted by Gasteiger charge is 2.25. The molecule has 0 aliphatic heterocycles. The molecule has 0 aromatic heterocycles. The molecule has 0 amide bonds. The van der Waals surface area contributed by atoms with Crippen molar-refractivity contribution in [1.82, 2.24) is 4.90 Å². The Morgan fingerprint density at radius 2 is 1.94 bits per heavy atom. The van der Waals surface area contributed by atoms with E-state index < -0.39 is 17.2 Å². The Morgan fingerprint density at radius 1 is 1.35 bits per heavy atom. The van der Waals surface area contributed by atoms with Gasteiger partial charge in [0, 0.05) is 17.6 Å². The molecule has 0 heterocycles. The van der Waals surface area contributed by atoms with Gasteiger partial charge in [0.25, 0.3) is 0 Å². The van der Waals surface area contributed by atoms with Crippen LogP contribution in [0, 0.1) is 11.6 Å². The molecular weight excluding hydrogens is 292 g/mol. The van der Waals surface area contributed by atoms with Crippen LogP contribution in [0.5, 0.6) is 0 Å². The van der Waals surface area contributed by atoms with E-state index in [1.165, 1.54) is 12.1 Å². The monoisotopic (exact) mass is 307 g/mol. The molecule has 0 unspecified atom stereocenters. The fraction of sp³-hybridized carbons (Fsp3) is 0.500. The molecule has 0 bridgehead atoms. The van der Waals surface area contributed by atoms with E-state index in [0.717, 1.165) is 0 Å². The largest absolute Gasteiger partial charge is 0.394 e. The van der Waals surface area contributed by atoms with Crippen molar-refractivity contribution in [1.29, 1.82) is 0 Å². The predicted octanol–water partition coefficient (Wildman–Crippen LogP) is 2.93. The van der Waals surface area contributed by atoms with Gasteiger partial charge in [-0.3, -0.25) is 4.90 Å². The van der Waals surface area contributed by atoms with Crippen molar-refractivity contribution in [3.63, 3.8) is 0 Å². The number of hydrogen-bond donors (Lipinski definition) is 1. The summed E-state index contributed by atoms with van der Waals surface area (Å²) in [5.74, 6) is -1.17. The molecule has 1 aromatic rings. The zero-order valence-corrected chi connectivity index (χ0v) is 11.7. The van der Waals surface area contributed by atoms with Crippen LogP contribution in [0.1, 0.15) is 19.4 Å². The molecule has 1 rings (SSSR count). The second-order valence-electron chi connectivity index (χ2n) is 4.65. The van der Waals surface area contributed by atoms with Gasteiger partial charge in [-0.25, -0.2) is 8.78 Å². The zero-order chi connectivity index (χ0) is 13.2. The fourth-order valence-electron chi connectivity index (χ4n) is 1.29. The molecule has 0 saturated heterocycles. The third-order valence-corrected chi connectivity index (χ3v) is 3.57. The molecule has 0 radical (unpaired) electrons. The number of hydrogen-bond acceptors (Lipinski definition) is 2. The lowest BCUT2D eigenvalue weighted by atomic mass is 10.0. The summed E-state index contributed by atoms with van der Waals surface area (Å²) in [5, 5.41) is 9.20. The number of halogens is 3. The van der Waals surface area contributed by atoms with Crippen LogP contribution in [0.15, 0.2) is 16.6 Å². The van der Waals surface area contributed by atoms with Crippen molar-refractivity contribution in [2.75, 3.05) is 13.7 Å². The van der Waals surface area contributed by atoms with Gasteiger partial charge in [0.2, 0.25) is 0 Å². The topological polar surface area (TPSA) is 23.5 Å². The third kappa shape index (κ3) is 3.24. The van der Waals surface area contributed by atoms with Gasteiger partial charge in [0.05, 0.1) is 11.1 Å². The number of likely N-dealkylation sites (N-methyl/N-ethyl adjacent to an activating group) is 1. The minimum Gasteiger partial charge on any atom is -0.394 e. The molecule has 0 atom stereocenters. The summed E-state index contributed by atoms with van der Waals surface area (Å²) in [4.78, 5) is 1.71. The van der Waals surface area contributed by atoms with E-state index in [0.29, 0.717) is 0 Å². The van der Waals surface area contributed by atoms with E-state index >= 15 is 0 Å². The van der Waals surface area contributed by atoms with E-state index in [4.69, 9.17) is 0 Å². The minimum atomic E-state index is -0.592. The fourth-order valence-corrected chi connectivity index (χ4v) is 1.66. The van der Waals surface area contributed by atoms with Crippen LogP contribution >= 0.6 is 15.9 Å². The maximum absolute atomic E-state index is 13.7. The molecule has 0 fully saturated rings. The first-order valence-corrected chi connectivity index (χ1v) is 6.03. The highest BCUT2D eigenvalue weighted by atomic mass is 79.9. The normalized spacial score (nSPS) is 12.2. The molecule has 0 saturated carbocycles. The first-order chi connectivity index (χ1) is 7.79. The number of aliphatic hydroxyl groups is 1. The van der Waals surface area contributed by atoms with Crippen molar-refractivity contribution in [3.8, 4) is 0 Å². The van der Waals surface area contributed by atoms with Crippen LogP contribution in [0.25, 0.3) is 0 Å². The summed E-state index contributed by atoms with van der Waals surface area (Å²) in [7, 11) is 1.72. The Balaban J connectivity index is 3.00. The number of benzene rings is 1. The molecule has 17 heavy (non-hydrogen) atoms. The summed E-state index contributed by atoms with van der Waals surface area (Å²) in [6.07, 6.45) is 0. The molecule has 2 nitrogen and oxygen atoms in total. The Bertz CT molecular complexity index is 410. The average molecular weight is 308 g/mol. The summed E-state index contributed by atoms with van der Waals surface area (Å²) in [5.41, 5.74) is -0.523. The Labute approximate surface area is 108 Å². The predicted molar refractivity (Wildman–Crippen MR) is 66.7 cm³/mol.